The molecule has 3 N–H and O–H groups in total. The molecule has 0 saturated carbocycles. The number of hydrogen-bond donors (Lipinski definition) is 2. The molecule has 0 amide bonds. The minimum Gasteiger partial charge on any atom is -0.465 e. The van der Waals surface area contributed by atoms with Crippen molar-refractivity contribution in [2.45, 2.75) is 23.8 Å². The van der Waals surface area contributed by atoms with Gasteiger partial charge < -0.3 is 15.2 Å². The first-order chi connectivity index (χ1) is 9.77. The number of hydrogen-bond acceptors (Lipinski definition) is 6. The van der Waals surface area contributed by atoms with Gasteiger partial charge in [-0.05, 0) is 31.5 Å². The number of nitrogens with two attached hydrogens (primary N) is 1. The van der Waals surface area contributed by atoms with Crippen molar-refractivity contribution >= 4 is 21.7 Å². The molecule has 116 valence electrons. The molecule has 0 aromatic heterocycles. The van der Waals surface area contributed by atoms with E-state index < -0.39 is 21.5 Å². The maximum Gasteiger partial charge on any atom is 0.339 e. The molecule has 8 heteroatoms. The van der Waals surface area contributed by atoms with Crippen LogP contribution in [0.25, 0.3) is 0 Å². The third kappa shape index (κ3) is 3.34. The fraction of sp³-hybridized carbons (Fsp3) is 0.462. The summed E-state index contributed by atoms with van der Waals surface area (Å²) in [4.78, 5) is 11.6. The van der Waals surface area contributed by atoms with Gasteiger partial charge in [-0.2, -0.15) is 0 Å². The number of methoxy groups -OCH3 is 1. The monoisotopic (exact) mass is 314 g/mol. The van der Waals surface area contributed by atoms with Gasteiger partial charge in [-0.15, -0.1) is 0 Å². The van der Waals surface area contributed by atoms with E-state index in [4.69, 9.17) is 10.5 Å². The second-order valence-electron chi connectivity index (χ2n) is 5.22. The van der Waals surface area contributed by atoms with Crippen LogP contribution in [0, 0.1) is 0 Å². The smallest absolute Gasteiger partial charge is 0.339 e. The highest BCUT2D eigenvalue weighted by Crippen LogP contribution is 2.24. The summed E-state index contributed by atoms with van der Waals surface area (Å²) in [6, 6.07) is 4.01. The van der Waals surface area contributed by atoms with Gasteiger partial charge in [0.05, 0.1) is 29.7 Å². The van der Waals surface area contributed by atoms with E-state index in [0.717, 1.165) is 0 Å². The number of ether oxygens (including phenoxy) is 2. The van der Waals surface area contributed by atoms with Crippen molar-refractivity contribution in [2.24, 2.45) is 0 Å². The summed E-state index contributed by atoms with van der Waals surface area (Å²) in [7, 11) is -2.71. The third-order valence-electron chi connectivity index (χ3n) is 3.30. The molecule has 21 heavy (non-hydrogen) atoms. The van der Waals surface area contributed by atoms with Crippen molar-refractivity contribution in [3.63, 3.8) is 0 Å². The second-order valence-corrected chi connectivity index (χ2v) is 6.87. The molecule has 0 radical (unpaired) electrons. The van der Waals surface area contributed by atoms with E-state index in [9.17, 15) is 13.2 Å². The first kappa shape index (κ1) is 15.7. The summed E-state index contributed by atoms with van der Waals surface area (Å²) in [5, 5.41) is 0. The zero-order chi connectivity index (χ0) is 15.7. The Morgan fingerprint density at radius 2 is 2.19 bits per heavy atom. The highest BCUT2D eigenvalue weighted by molar-refractivity contribution is 7.89. The summed E-state index contributed by atoms with van der Waals surface area (Å²) in [6.07, 6.45) is 0.564. The van der Waals surface area contributed by atoms with Gasteiger partial charge in [-0.25, -0.2) is 17.9 Å². The zero-order valence-electron chi connectivity index (χ0n) is 11.9. The van der Waals surface area contributed by atoms with Crippen molar-refractivity contribution in [3.05, 3.63) is 23.8 Å². The van der Waals surface area contributed by atoms with Gasteiger partial charge in [0.2, 0.25) is 10.0 Å². The van der Waals surface area contributed by atoms with Crippen LogP contribution in [-0.2, 0) is 19.5 Å². The minimum atomic E-state index is -3.89. The molecule has 1 aliphatic heterocycles. The molecule has 0 spiro atoms. The molecule has 0 aliphatic carbocycles. The molecular formula is C13H18N2O5S. The average Bonchev–Trinajstić information content (AvgIpc) is 2.82. The van der Waals surface area contributed by atoms with Gasteiger partial charge in [-0.3, -0.25) is 0 Å². The maximum atomic E-state index is 12.5. The fourth-order valence-electron chi connectivity index (χ4n) is 2.18. The Balaban J connectivity index is 2.42. The zero-order valence-corrected chi connectivity index (χ0v) is 12.7. The van der Waals surface area contributed by atoms with Crippen LogP contribution in [-0.4, -0.2) is 40.2 Å². The lowest BCUT2D eigenvalue weighted by atomic mass is 10.0. The first-order valence-electron chi connectivity index (χ1n) is 6.37. The number of rotatable bonds is 4. The van der Waals surface area contributed by atoms with Gasteiger partial charge in [0.25, 0.3) is 0 Å². The Kier molecular flexibility index (Phi) is 4.22. The molecule has 1 aromatic rings. The Bertz CT molecular complexity index is 651. The number of esters is 1. The van der Waals surface area contributed by atoms with Crippen LogP contribution in [0.4, 0.5) is 5.69 Å². The molecule has 1 atom stereocenters. The number of nitrogens with one attached hydrogen (secondary N) is 1. The highest BCUT2D eigenvalue weighted by atomic mass is 32.2. The summed E-state index contributed by atoms with van der Waals surface area (Å²) in [5.41, 5.74) is 5.11. The van der Waals surface area contributed by atoms with Crippen LogP contribution in [0.5, 0.6) is 0 Å². The van der Waals surface area contributed by atoms with Gasteiger partial charge in [0.15, 0.2) is 0 Å². The molecule has 1 fully saturated rings. The van der Waals surface area contributed by atoms with Crippen molar-refractivity contribution in [1.29, 1.82) is 0 Å². The topological polar surface area (TPSA) is 108 Å². The van der Waals surface area contributed by atoms with E-state index in [1.807, 2.05) is 0 Å². The van der Waals surface area contributed by atoms with Crippen LogP contribution in [0.3, 0.4) is 0 Å². The fourth-order valence-corrected chi connectivity index (χ4v) is 3.78. The van der Waals surface area contributed by atoms with Gasteiger partial charge >= 0.3 is 5.97 Å². The second kappa shape index (κ2) is 5.63. The highest BCUT2D eigenvalue weighted by Gasteiger charge is 2.36. The van der Waals surface area contributed by atoms with Crippen LogP contribution in [0.15, 0.2) is 23.1 Å². The Morgan fingerprint density at radius 1 is 1.48 bits per heavy atom. The van der Waals surface area contributed by atoms with E-state index in [2.05, 4.69) is 9.46 Å². The van der Waals surface area contributed by atoms with E-state index in [1.54, 1.807) is 6.92 Å². The van der Waals surface area contributed by atoms with E-state index in [0.29, 0.717) is 13.0 Å². The Morgan fingerprint density at radius 3 is 2.76 bits per heavy atom. The molecule has 0 bridgehead atoms. The Hall–Kier alpha value is -1.64. The lowest BCUT2D eigenvalue weighted by molar-refractivity contribution is 0.0596. The number of sulfonamides is 1. The van der Waals surface area contributed by atoms with E-state index in [1.165, 1.54) is 25.3 Å². The van der Waals surface area contributed by atoms with Crippen molar-refractivity contribution in [2.75, 3.05) is 26.1 Å². The predicted molar refractivity (Wildman–Crippen MR) is 76.4 cm³/mol. The van der Waals surface area contributed by atoms with Gasteiger partial charge in [0, 0.05) is 12.3 Å². The molecule has 1 saturated heterocycles. The maximum absolute atomic E-state index is 12.5. The molecule has 1 aliphatic rings. The normalized spacial score (nSPS) is 22.2. The molecule has 1 heterocycles. The number of anilines is 1. The molecular weight excluding hydrogens is 296 g/mol. The average molecular weight is 314 g/mol. The molecule has 1 aromatic carbocycles. The number of carbonyl (C=O) groups is 1. The largest absolute Gasteiger partial charge is 0.465 e. The third-order valence-corrected chi connectivity index (χ3v) is 4.99. The number of carbonyl (C=O) groups excluding carboxylic acids is 1. The minimum absolute atomic E-state index is 0.0903. The summed E-state index contributed by atoms with van der Waals surface area (Å²) in [5.74, 6) is -0.754. The Labute approximate surface area is 123 Å². The molecule has 1 unspecified atom stereocenters. The van der Waals surface area contributed by atoms with Crippen LogP contribution >= 0.6 is 0 Å². The van der Waals surface area contributed by atoms with E-state index >= 15 is 0 Å². The summed E-state index contributed by atoms with van der Waals surface area (Å²) in [6.45, 7) is 2.53. The molecule has 2 rings (SSSR count). The van der Waals surface area contributed by atoms with Gasteiger partial charge in [-0.1, -0.05) is 0 Å². The summed E-state index contributed by atoms with van der Waals surface area (Å²) < 4.78 is 37.5. The lowest BCUT2D eigenvalue weighted by Crippen LogP contribution is -2.46. The van der Waals surface area contributed by atoms with Crippen molar-refractivity contribution < 1.29 is 22.7 Å². The van der Waals surface area contributed by atoms with Crippen molar-refractivity contribution in [3.8, 4) is 0 Å². The van der Waals surface area contributed by atoms with Crippen LogP contribution in [0.2, 0.25) is 0 Å². The standard InChI is InChI=1S/C13H18N2O5S/c1-13(5-6-20-8-13)15-21(17,18)11-4-3-9(14)7-10(11)12(16)19-2/h3-4,7,15H,5-6,8,14H2,1-2H3. The van der Waals surface area contributed by atoms with Crippen LogP contribution < -0.4 is 10.5 Å². The quantitative estimate of drug-likeness (QED) is 0.619. The van der Waals surface area contributed by atoms with Crippen LogP contribution in [0.1, 0.15) is 23.7 Å². The lowest BCUT2D eigenvalue weighted by Gasteiger charge is -2.23. The number of benzene rings is 1. The summed E-state index contributed by atoms with van der Waals surface area (Å²) >= 11 is 0. The SMILES string of the molecule is COC(=O)c1cc(N)ccc1S(=O)(=O)NC1(C)CCOC1. The van der Waals surface area contributed by atoms with E-state index in [-0.39, 0.29) is 22.8 Å². The molecule has 7 nitrogen and oxygen atoms in total. The number of nitrogen functional groups attached to an aromatic ring is 1. The first-order valence-corrected chi connectivity index (χ1v) is 7.85. The predicted octanol–water partition coefficient (Wildman–Crippen LogP) is 0.513. The van der Waals surface area contributed by atoms with Gasteiger partial charge in [0.1, 0.15) is 0 Å². The van der Waals surface area contributed by atoms with Crippen molar-refractivity contribution in [1.82, 2.24) is 4.72 Å².